The number of rotatable bonds is 3. The average molecular weight is 190 g/mol. The molecule has 1 heterocycles. The van der Waals surface area contributed by atoms with Crippen LogP contribution in [0.25, 0.3) is 0 Å². The number of alkyl halides is 1. The molecule has 1 nitrogen and oxygen atoms in total. The lowest BCUT2D eigenvalue weighted by Crippen LogP contribution is -1.93. The van der Waals surface area contributed by atoms with Crippen molar-refractivity contribution in [1.29, 1.82) is 0 Å². The highest BCUT2D eigenvalue weighted by atomic mass is 35.5. The Hall–Kier alpha value is -0.0800. The predicted octanol–water partition coefficient (Wildman–Crippen LogP) is 3.08. The van der Waals surface area contributed by atoms with E-state index in [9.17, 15) is 0 Å². The summed E-state index contributed by atoms with van der Waals surface area (Å²) >= 11 is 7.27. The average Bonchev–Trinajstić information content (AvgIpc) is 2.34. The molecule has 0 unspecified atom stereocenters. The molecule has 62 valence electrons. The molecule has 1 rings (SSSR count). The normalized spacial score (nSPS) is 10.9. The Morgan fingerprint density at radius 3 is 2.82 bits per heavy atom. The maximum atomic E-state index is 5.62. The number of nitrogens with zero attached hydrogens (tertiary/aromatic N) is 1. The molecule has 1 aromatic heterocycles. The van der Waals surface area contributed by atoms with Gasteiger partial charge in [-0.05, 0) is 12.3 Å². The van der Waals surface area contributed by atoms with E-state index in [1.165, 1.54) is 5.69 Å². The van der Waals surface area contributed by atoms with Gasteiger partial charge in [0.1, 0.15) is 5.01 Å². The summed E-state index contributed by atoms with van der Waals surface area (Å²) in [7, 11) is 0. The smallest absolute Gasteiger partial charge is 0.108 e. The molecular weight excluding hydrogens is 178 g/mol. The van der Waals surface area contributed by atoms with Crippen LogP contribution in [0.4, 0.5) is 0 Å². The first-order chi connectivity index (χ1) is 5.22. The molecule has 0 bridgehead atoms. The zero-order valence-electron chi connectivity index (χ0n) is 6.80. The highest BCUT2D eigenvalue weighted by Gasteiger charge is 2.02. The van der Waals surface area contributed by atoms with Crippen molar-refractivity contribution in [3.05, 3.63) is 16.1 Å². The maximum absolute atomic E-state index is 5.62. The fraction of sp³-hybridized carbons (Fsp3) is 0.625. The summed E-state index contributed by atoms with van der Waals surface area (Å²) in [6, 6.07) is 0. The molecule has 0 fully saturated rings. The molecule has 0 aromatic carbocycles. The van der Waals surface area contributed by atoms with Gasteiger partial charge in [0.05, 0.1) is 11.6 Å². The van der Waals surface area contributed by atoms with Gasteiger partial charge in [0.15, 0.2) is 0 Å². The fourth-order valence-electron chi connectivity index (χ4n) is 0.922. The van der Waals surface area contributed by atoms with Gasteiger partial charge in [-0.25, -0.2) is 4.98 Å². The van der Waals surface area contributed by atoms with Gasteiger partial charge in [-0.15, -0.1) is 22.9 Å². The zero-order valence-corrected chi connectivity index (χ0v) is 8.37. The fourth-order valence-corrected chi connectivity index (χ4v) is 1.83. The first-order valence-corrected chi connectivity index (χ1v) is 5.13. The quantitative estimate of drug-likeness (QED) is 0.666. The highest BCUT2D eigenvalue weighted by Crippen LogP contribution is 2.14. The molecule has 0 aliphatic carbocycles. The number of hydrogen-bond acceptors (Lipinski definition) is 2. The van der Waals surface area contributed by atoms with Crippen LogP contribution in [-0.4, -0.2) is 4.98 Å². The molecule has 0 saturated heterocycles. The third kappa shape index (κ3) is 2.80. The van der Waals surface area contributed by atoms with Crippen LogP contribution in [0.1, 0.15) is 24.5 Å². The second kappa shape index (κ2) is 4.07. The summed E-state index contributed by atoms with van der Waals surface area (Å²) in [6.45, 7) is 4.39. The SMILES string of the molecule is CC(C)Cc1csc(CCl)n1. The van der Waals surface area contributed by atoms with E-state index in [1.807, 2.05) is 0 Å². The van der Waals surface area contributed by atoms with E-state index in [2.05, 4.69) is 24.2 Å². The van der Waals surface area contributed by atoms with Gasteiger partial charge in [-0.2, -0.15) is 0 Å². The molecule has 0 atom stereocenters. The van der Waals surface area contributed by atoms with Gasteiger partial charge >= 0.3 is 0 Å². The van der Waals surface area contributed by atoms with E-state index < -0.39 is 0 Å². The molecule has 0 amide bonds. The molecule has 0 saturated carbocycles. The second-order valence-corrected chi connectivity index (χ2v) is 4.17. The van der Waals surface area contributed by atoms with E-state index in [1.54, 1.807) is 11.3 Å². The molecule has 3 heteroatoms. The van der Waals surface area contributed by atoms with E-state index in [0.29, 0.717) is 11.8 Å². The summed E-state index contributed by atoms with van der Waals surface area (Å²) in [4.78, 5) is 4.36. The van der Waals surface area contributed by atoms with Crippen LogP contribution in [0, 0.1) is 5.92 Å². The summed E-state index contributed by atoms with van der Waals surface area (Å²) in [6.07, 6.45) is 1.06. The molecule has 0 aliphatic heterocycles. The van der Waals surface area contributed by atoms with Crippen molar-refractivity contribution in [3.63, 3.8) is 0 Å². The van der Waals surface area contributed by atoms with Crippen LogP contribution in [0.15, 0.2) is 5.38 Å². The van der Waals surface area contributed by atoms with Crippen LogP contribution in [0.3, 0.4) is 0 Å². The third-order valence-electron chi connectivity index (χ3n) is 1.33. The molecule has 0 spiro atoms. The Labute approximate surface area is 76.4 Å². The van der Waals surface area contributed by atoms with Crippen molar-refractivity contribution >= 4 is 22.9 Å². The zero-order chi connectivity index (χ0) is 8.27. The Morgan fingerprint density at radius 2 is 2.36 bits per heavy atom. The summed E-state index contributed by atoms with van der Waals surface area (Å²) < 4.78 is 0. The van der Waals surface area contributed by atoms with Crippen LogP contribution < -0.4 is 0 Å². The number of hydrogen-bond donors (Lipinski definition) is 0. The first-order valence-electron chi connectivity index (χ1n) is 3.71. The van der Waals surface area contributed by atoms with Crippen molar-refractivity contribution in [2.75, 3.05) is 0 Å². The van der Waals surface area contributed by atoms with Gasteiger partial charge in [-0.3, -0.25) is 0 Å². The van der Waals surface area contributed by atoms with Gasteiger partial charge in [0.25, 0.3) is 0 Å². The molecule has 0 radical (unpaired) electrons. The number of halogens is 1. The molecule has 11 heavy (non-hydrogen) atoms. The van der Waals surface area contributed by atoms with Crippen LogP contribution in [-0.2, 0) is 12.3 Å². The highest BCUT2D eigenvalue weighted by molar-refractivity contribution is 7.09. The minimum Gasteiger partial charge on any atom is -0.245 e. The second-order valence-electron chi connectivity index (χ2n) is 2.96. The summed E-state index contributed by atoms with van der Waals surface area (Å²) in [5.41, 5.74) is 1.18. The minimum atomic E-state index is 0.544. The Kier molecular flexibility index (Phi) is 3.34. The number of thiazole rings is 1. The Morgan fingerprint density at radius 1 is 1.64 bits per heavy atom. The molecule has 0 aliphatic rings. The van der Waals surface area contributed by atoms with Crippen molar-refractivity contribution in [1.82, 2.24) is 4.98 Å². The topological polar surface area (TPSA) is 12.9 Å². The third-order valence-corrected chi connectivity index (χ3v) is 2.64. The lowest BCUT2D eigenvalue weighted by Gasteiger charge is -1.98. The summed E-state index contributed by atoms with van der Waals surface area (Å²) in [5, 5.41) is 3.12. The largest absolute Gasteiger partial charge is 0.245 e. The number of aromatic nitrogens is 1. The first kappa shape index (κ1) is 9.01. The van der Waals surface area contributed by atoms with Gasteiger partial charge in [0, 0.05) is 5.38 Å². The molecule has 0 N–H and O–H groups in total. The summed E-state index contributed by atoms with van der Waals surface area (Å²) in [5.74, 6) is 1.23. The minimum absolute atomic E-state index is 0.544. The van der Waals surface area contributed by atoms with Crippen LogP contribution in [0.5, 0.6) is 0 Å². The van der Waals surface area contributed by atoms with E-state index in [-0.39, 0.29) is 0 Å². The van der Waals surface area contributed by atoms with E-state index >= 15 is 0 Å². The Balaban J connectivity index is 2.58. The van der Waals surface area contributed by atoms with Crippen molar-refractivity contribution in [3.8, 4) is 0 Å². The van der Waals surface area contributed by atoms with Gasteiger partial charge in [0.2, 0.25) is 0 Å². The van der Waals surface area contributed by atoms with Crippen molar-refractivity contribution in [2.45, 2.75) is 26.1 Å². The Bertz CT molecular complexity index is 220. The lowest BCUT2D eigenvalue weighted by molar-refractivity contribution is 0.637. The monoisotopic (exact) mass is 189 g/mol. The molecular formula is C8H12ClNS. The molecule has 1 aromatic rings. The van der Waals surface area contributed by atoms with Crippen molar-refractivity contribution in [2.24, 2.45) is 5.92 Å². The standard InChI is InChI=1S/C8H12ClNS/c1-6(2)3-7-5-11-8(4-9)10-7/h5-6H,3-4H2,1-2H3. The van der Waals surface area contributed by atoms with Crippen molar-refractivity contribution < 1.29 is 0 Å². The van der Waals surface area contributed by atoms with E-state index in [4.69, 9.17) is 11.6 Å². The van der Waals surface area contributed by atoms with E-state index in [0.717, 1.165) is 11.4 Å². The lowest BCUT2D eigenvalue weighted by atomic mass is 10.1. The van der Waals surface area contributed by atoms with Crippen LogP contribution in [0.2, 0.25) is 0 Å². The maximum Gasteiger partial charge on any atom is 0.108 e. The van der Waals surface area contributed by atoms with Gasteiger partial charge < -0.3 is 0 Å². The van der Waals surface area contributed by atoms with Gasteiger partial charge in [-0.1, -0.05) is 13.8 Å². The predicted molar refractivity (Wildman–Crippen MR) is 50.2 cm³/mol. The van der Waals surface area contributed by atoms with Crippen LogP contribution >= 0.6 is 22.9 Å².